The minimum absolute atomic E-state index is 0.328. The summed E-state index contributed by atoms with van der Waals surface area (Å²) in [7, 11) is 0. The second-order valence-electron chi connectivity index (χ2n) is 4.30. The van der Waals surface area contributed by atoms with E-state index >= 15 is 0 Å². The summed E-state index contributed by atoms with van der Waals surface area (Å²) in [5, 5.41) is 10.3. The Morgan fingerprint density at radius 3 is 3.08 bits per heavy atom. The van der Waals surface area contributed by atoms with Crippen molar-refractivity contribution in [3.8, 4) is 0 Å². The monoisotopic (exact) mass is 169 g/mol. The average Bonchev–Trinajstić information content (AvgIpc) is 2.57. The summed E-state index contributed by atoms with van der Waals surface area (Å²) in [6.07, 6.45) is 5.62. The van der Waals surface area contributed by atoms with E-state index in [1.807, 2.05) is 0 Å². The highest BCUT2D eigenvalue weighted by Gasteiger charge is 2.46. The summed E-state index contributed by atoms with van der Waals surface area (Å²) in [5.74, 6) is 0. The first kappa shape index (κ1) is 8.52. The van der Waals surface area contributed by atoms with Gasteiger partial charge in [0, 0.05) is 12.6 Å². The fourth-order valence-electron chi connectivity index (χ4n) is 2.93. The van der Waals surface area contributed by atoms with Crippen LogP contribution in [0.4, 0.5) is 0 Å². The van der Waals surface area contributed by atoms with Gasteiger partial charge in [0.15, 0.2) is 0 Å². The Hall–Kier alpha value is -0.0800. The van der Waals surface area contributed by atoms with E-state index in [0.717, 1.165) is 25.8 Å². The Labute approximate surface area is 74.6 Å². The third kappa shape index (κ3) is 1.17. The van der Waals surface area contributed by atoms with Gasteiger partial charge >= 0.3 is 0 Å². The second-order valence-corrected chi connectivity index (χ2v) is 4.30. The van der Waals surface area contributed by atoms with Crippen molar-refractivity contribution >= 4 is 0 Å². The predicted molar refractivity (Wildman–Crippen MR) is 49.1 cm³/mol. The summed E-state index contributed by atoms with van der Waals surface area (Å²) < 4.78 is 0. The maximum Gasteiger partial charge on any atom is 0.0814 e. The van der Waals surface area contributed by atoms with Crippen LogP contribution in [0.1, 0.15) is 39.0 Å². The van der Waals surface area contributed by atoms with Crippen molar-refractivity contribution < 1.29 is 5.11 Å². The summed E-state index contributed by atoms with van der Waals surface area (Å²) in [4.78, 5) is 2.47. The number of nitrogens with zero attached hydrogens (tertiary/aromatic N) is 1. The van der Waals surface area contributed by atoms with Crippen LogP contribution in [0.2, 0.25) is 0 Å². The van der Waals surface area contributed by atoms with Gasteiger partial charge in [0.05, 0.1) is 5.60 Å². The molecule has 2 aliphatic heterocycles. The molecule has 0 aromatic heterocycles. The number of rotatable bonds is 2. The van der Waals surface area contributed by atoms with Gasteiger partial charge in [-0.25, -0.2) is 0 Å². The van der Waals surface area contributed by atoms with Gasteiger partial charge in [-0.05, 0) is 32.2 Å². The summed E-state index contributed by atoms with van der Waals surface area (Å²) >= 11 is 0. The molecule has 0 aliphatic carbocycles. The van der Waals surface area contributed by atoms with Crippen molar-refractivity contribution in [3.05, 3.63) is 0 Å². The van der Waals surface area contributed by atoms with Crippen LogP contribution in [0.3, 0.4) is 0 Å². The van der Waals surface area contributed by atoms with Crippen molar-refractivity contribution in [2.45, 2.75) is 50.7 Å². The summed E-state index contributed by atoms with van der Waals surface area (Å²) in [5.41, 5.74) is -0.328. The minimum Gasteiger partial charge on any atom is -0.388 e. The Bertz CT molecular complexity index is 167. The molecule has 0 saturated carbocycles. The standard InChI is InChI=1S/C10H19NO/c1-2-5-10(12)6-8-11-7-3-4-9(10)11/h9,12H,2-8H2,1H3. The van der Waals surface area contributed by atoms with Crippen LogP contribution in [0.5, 0.6) is 0 Å². The van der Waals surface area contributed by atoms with E-state index in [-0.39, 0.29) is 5.60 Å². The van der Waals surface area contributed by atoms with Crippen LogP contribution in [-0.4, -0.2) is 34.7 Å². The van der Waals surface area contributed by atoms with E-state index in [0.29, 0.717) is 6.04 Å². The van der Waals surface area contributed by atoms with Crippen LogP contribution in [-0.2, 0) is 0 Å². The van der Waals surface area contributed by atoms with Gasteiger partial charge in [-0.2, -0.15) is 0 Å². The predicted octanol–water partition coefficient (Wildman–Crippen LogP) is 1.39. The first-order chi connectivity index (χ1) is 5.76. The van der Waals surface area contributed by atoms with Crippen molar-refractivity contribution in [1.29, 1.82) is 0 Å². The molecule has 2 unspecified atom stereocenters. The Kier molecular flexibility index (Phi) is 2.13. The third-order valence-electron chi connectivity index (χ3n) is 3.50. The van der Waals surface area contributed by atoms with Crippen LogP contribution < -0.4 is 0 Å². The van der Waals surface area contributed by atoms with Crippen molar-refractivity contribution in [2.24, 2.45) is 0 Å². The molecule has 2 aliphatic rings. The van der Waals surface area contributed by atoms with Gasteiger partial charge in [0.25, 0.3) is 0 Å². The lowest BCUT2D eigenvalue weighted by atomic mass is 9.88. The first-order valence-electron chi connectivity index (χ1n) is 5.23. The molecule has 2 rings (SSSR count). The second kappa shape index (κ2) is 3.00. The number of hydrogen-bond donors (Lipinski definition) is 1. The number of aliphatic hydroxyl groups is 1. The topological polar surface area (TPSA) is 23.5 Å². The Balaban J connectivity index is 2.06. The number of fused-ring (bicyclic) bond motifs is 1. The van der Waals surface area contributed by atoms with Crippen LogP contribution in [0.15, 0.2) is 0 Å². The molecule has 0 aromatic rings. The maximum absolute atomic E-state index is 10.3. The minimum atomic E-state index is -0.328. The SMILES string of the molecule is CCCC1(O)CCN2CCCC21. The highest BCUT2D eigenvalue weighted by Crippen LogP contribution is 2.38. The zero-order chi connectivity index (χ0) is 8.60. The molecule has 2 fully saturated rings. The maximum atomic E-state index is 10.3. The smallest absolute Gasteiger partial charge is 0.0814 e. The van der Waals surface area contributed by atoms with Crippen molar-refractivity contribution in [1.82, 2.24) is 4.90 Å². The van der Waals surface area contributed by atoms with Crippen molar-refractivity contribution in [3.63, 3.8) is 0 Å². The molecule has 12 heavy (non-hydrogen) atoms. The van der Waals surface area contributed by atoms with E-state index in [1.165, 1.54) is 19.4 Å². The van der Waals surface area contributed by atoms with E-state index in [9.17, 15) is 5.11 Å². The molecule has 0 spiro atoms. The molecule has 0 amide bonds. The highest BCUT2D eigenvalue weighted by molar-refractivity contribution is 5.02. The molecule has 0 radical (unpaired) electrons. The lowest BCUT2D eigenvalue weighted by Crippen LogP contribution is -2.40. The molecule has 2 atom stereocenters. The first-order valence-corrected chi connectivity index (χ1v) is 5.23. The molecular weight excluding hydrogens is 150 g/mol. The van der Waals surface area contributed by atoms with Gasteiger partial charge in [0.2, 0.25) is 0 Å². The molecule has 1 N–H and O–H groups in total. The van der Waals surface area contributed by atoms with Gasteiger partial charge in [0.1, 0.15) is 0 Å². The normalized spacial score (nSPS) is 42.0. The van der Waals surface area contributed by atoms with Crippen LogP contribution in [0.25, 0.3) is 0 Å². The molecule has 2 nitrogen and oxygen atoms in total. The van der Waals surface area contributed by atoms with Gasteiger partial charge in [-0.1, -0.05) is 13.3 Å². The van der Waals surface area contributed by atoms with Gasteiger partial charge in [-0.3, -0.25) is 4.90 Å². The Morgan fingerprint density at radius 1 is 1.50 bits per heavy atom. The molecular formula is C10H19NO. The van der Waals surface area contributed by atoms with Gasteiger partial charge < -0.3 is 5.11 Å². The highest BCUT2D eigenvalue weighted by atomic mass is 16.3. The zero-order valence-corrected chi connectivity index (χ0v) is 7.92. The molecule has 0 aromatic carbocycles. The van der Waals surface area contributed by atoms with E-state index in [2.05, 4.69) is 11.8 Å². The number of hydrogen-bond acceptors (Lipinski definition) is 2. The van der Waals surface area contributed by atoms with Crippen molar-refractivity contribution in [2.75, 3.05) is 13.1 Å². The zero-order valence-electron chi connectivity index (χ0n) is 7.92. The largest absolute Gasteiger partial charge is 0.388 e. The third-order valence-corrected chi connectivity index (χ3v) is 3.50. The van der Waals surface area contributed by atoms with Gasteiger partial charge in [-0.15, -0.1) is 0 Å². The van der Waals surface area contributed by atoms with E-state index < -0.39 is 0 Å². The van der Waals surface area contributed by atoms with E-state index in [4.69, 9.17) is 0 Å². The molecule has 70 valence electrons. The Morgan fingerprint density at radius 2 is 2.33 bits per heavy atom. The van der Waals surface area contributed by atoms with Crippen LogP contribution in [0, 0.1) is 0 Å². The lowest BCUT2D eigenvalue weighted by Gasteiger charge is -2.29. The summed E-state index contributed by atoms with van der Waals surface area (Å²) in [6, 6.07) is 0.498. The average molecular weight is 169 g/mol. The van der Waals surface area contributed by atoms with E-state index in [1.54, 1.807) is 0 Å². The fourth-order valence-corrected chi connectivity index (χ4v) is 2.93. The van der Waals surface area contributed by atoms with Crippen LogP contribution >= 0.6 is 0 Å². The lowest BCUT2D eigenvalue weighted by molar-refractivity contribution is 0.00525. The quantitative estimate of drug-likeness (QED) is 0.675. The molecule has 2 heterocycles. The molecule has 0 bridgehead atoms. The fraction of sp³-hybridized carbons (Fsp3) is 1.00. The summed E-state index contributed by atoms with van der Waals surface area (Å²) in [6.45, 7) is 4.51. The molecule has 2 heteroatoms. The molecule has 2 saturated heterocycles.